The van der Waals surface area contributed by atoms with Gasteiger partial charge in [-0.3, -0.25) is 9.59 Å². The third-order valence-corrected chi connectivity index (χ3v) is 4.78. The minimum Gasteiger partial charge on any atom is -0.465 e. The topological polar surface area (TPSA) is 71.8 Å². The average Bonchev–Trinajstić information content (AvgIpc) is 3.15. The number of morpholine rings is 1. The number of amides is 2. The fourth-order valence-corrected chi connectivity index (χ4v) is 3.26. The number of ether oxygens (including phenoxy) is 1. The zero-order valence-corrected chi connectivity index (χ0v) is 16.7. The van der Waals surface area contributed by atoms with Gasteiger partial charge in [0.25, 0.3) is 11.8 Å². The molecule has 6 nitrogen and oxygen atoms in total. The van der Waals surface area contributed by atoms with E-state index in [-0.39, 0.29) is 29.7 Å². The van der Waals surface area contributed by atoms with E-state index >= 15 is 0 Å². The highest BCUT2D eigenvalue weighted by Crippen LogP contribution is 2.16. The van der Waals surface area contributed by atoms with Gasteiger partial charge in [0.05, 0.1) is 18.5 Å². The number of carbonyl (C=O) groups is 2. The van der Waals surface area contributed by atoms with Crippen LogP contribution in [-0.4, -0.2) is 42.0 Å². The van der Waals surface area contributed by atoms with Crippen LogP contribution in [0, 0.1) is 13.8 Å². The number of furan rings is 1. The van der Waals surface area contributed by atoms with E-state index in [9.17, 15) is 9.59 Å². The summed E-state index contributed by atoms with van der Waals surface area (Å²) in [6.45, 7) is 8.74. The van der Waals surface area contributed by atoms with Crippen molar-refractivity contribution in [1.82, 2.24) is 10.2 Å². The molecule has 2 atom stereocenters. The number of nitrogens with zero attached hydrogens (tertiary/aromatic N) is 1. The summed E-state index contributed by atoms with van der Waals surface area (Å²) >= 11 is 0. The molecule has 2 aromatic rings. The van der Waals surface area contributed by atoms with E-state index in [1.807, 2.05) is 39.8 Å². The SMILES string of the molecule is Cc1ccc(C(=O)N/C(=C\c2ccco2)C(=O)N2C[C@@H](C)O[C@@H](C)C2)cc1C. The standard InChI is InChI=1S/C22H26N2O4/c1-14-7-8-18(10-15(14)2)21(25)23-20(11-19-6-5-9-27-19)22(26)24-12-16(3)28-17(4)13-24/h5-11,16-17H,12-13H2,1-4H3,(H,23,25)/b20-11-/t16-,17+. The van der Waals surface area contributed by atoms with Gasteiger partial charge in [0.15, 0.2) is 0 Å². The maximum absolute atomic E-state index is 13.1. The van der Waals surface area contributed by atoms with Crippen LogP contribution in [0.1, 0.15) is 41.1 Å². The maximum Gasteiger partial charge on any atom is 0.270 e. The Labute approximate surface area is 165 Å². The van der Waals surface area contributed by atoms with Crippen LogP contribution in [0.4, 0.5) is 0 Å². The minimum absolute atomic E-state index is 0.0620. The van der Waals surface area contributed by atoms with Crippen LogP contribution in [-0.2, 0) is 9.53 Å². The number of carbonyl (C=O) groups excluding carboxylic acids is 2. The van der Waals surface area contributed by atoms with Gasteiger partial charge in [0.1, 0.15) is 11.5 Å². The zero-order valence-electron chi connectivity index (χ0n) is 16.7. The Balaban J connectivity index is 1.86. The number of nitrogens with one attached hydrogen (secondary N) is 1. The molecule has 148 valence electrons. The third-order valence-electron chi connectivity index (χ3n) is 4.78. The monoisotopic (exact) mass is 382 g/mol. The normalized spacial score (nSPS) is 20.1. The van der Waals surface area contributed by atoms with Crippen molar-refractivity contribution in [3.8, 4) is 0 Å². The van der Waals surface area contributed by atoms with Crippen LogP contribution in [0.5, 0.6) is 0 Å². The van der Waals surface area contributed by atoms with Gasteiger partial charge in [-0.05, 0) is 63.1 Å². The molecule has 2 heterocycles. The van der Waals surface area contributed by atoms with Crippen molar-refractivity contribution in [2.75, 3.05) is 13.1 Å². The first kappa shape index (κ1) is 19.9. The lowest BCUT2D eigenvalue weighted by Crippen LogP contribution is -2.50. The van der Waals surface area contributed by atoms with Gasteiger partial charge in [0, 0.05) is 24.7 Å². The highest BCUT2D eigenvalue weighted by Gasteiger charge is 2.28. The summed E-state index contributed by atoms with van der Waals surface area (Å²) in [5, 5.41) is 2.78. The predicted octanol–water partition coefficient (Wildman–Crippen LogP) is 3.30. The fourth-order valence-electron chi connectivity index (χ4n) is 3.26. The summed E-state index contributed by atoms with van der Waals surface area (Å²) in [7, 11) is 0. The molecule has 0 radical (unpaired) electrons. The molecule has 1 fully saturated rings. The molecule has 1 aromatic heterocycles. The second-order valence-corrected chi connectivity index (χ2v) is 7.29. The van der Waals surface area contributed by atoms with Crippen molar-refractivity contribution >= 4 is 17.9 Å². The number of aryl methyl sites for hydroxylation is 2. The van der Waals surface area contributed by atoms with Crippen molar-refractivity contribution in [1.29, 1.82) is 0 Å². The molecule has 0 unspecified atom stereocenters. The van der Waals surface area contributed by atoms with Crippen molar-refractivity contribution in [3.05, 3.63) is 64.7 Å². The maximum atomic E-state index is 13.1. The first-order chi connectivity index (χ1) is 13.3. The second-order valence-electron chi connectivity index (χ2n) is 7.29. The molecule has 3 rings (SSSR count). The lowest BCUT2D eigenvalue weighted by molar-refractivity contribution is -0.139. The summed E-state index contributed by atoms with van der Waals surface area (Å²) in [6, 6.07) is 8.94. The first-order valence-electron chi connectivity index (χ1n) is 9.42. The molecule has 1 N–H and O–H groups in total. The van der Waals surface area contributed by atoms with E-state index in [0.717, 1.165) is 11.1 Å². The molecule has 1 aliphatic rings. The molecule has 0 bridgehead atoms. The van der Waals surface area contributed by atoms with E-state index < -0.39 is 0 Å². The van der Waals surface area contributed by atoms with Gasteiger partial charge in [-0.1, -0.05) is 6.07 Å². The summed E-state index contributed by atoms with van der Waals surface area (Å²) in [5.41, 5.74) is 2.81. The van der Waals surface area contributed by atoms with E-state index in [0.29, 0.717) is 24.4 Å². The van der Waals surface area contributed by atoms with E-state index in [2.05, 4.69) is 5.32 Å². The van der Waals surface area contributed by atoms with Gasteiger partial charge < -0.3 is 19.4 Å². The molecular weight excluding hydrogens is 356 g/mol. The Morgan fingerprint density at radius 1 is 1.11 bits per heavy atom. The first-order valence-corrected chi connectivity index (χ1v) is 9.42. The Kier molecular flexibility index (Phi) is 5.99. The molecule has 6 heteroatoms. The van der Waals surface area contributed by atoms with Gasteiger partial charge >= 0.3 is 0 Å². The second kappa shape index (κ2) is 8.44. The van der Waals surface area contributed by atoms with Crippen molar-refractivity contribution in [2.45, 2.75) is 39.9 Å². The third kappa shape index (κ3) is 4.70. The molecule has 0 saturated carbocycles. The lowest BCUT2D eigenvalue weighted by Gasteiger charge is -2.35. The quantitative estimate of drug-likeness (QED) is 0.824. The van der Waals surface area contributed by atoms with E-state index in [1.54, 1.807) is 29.2 Å². The highest BCUT2D eigenvalue weighted by atomic mass is 16.5. The van der Waals surface area contributed by atoms with Crippen molar-refractivity contribution < 1.29 is 18.7 Å². The van der Waals surface area contributed by atoms with Crippen LogP contribution in [0.3, 0.4) is 0 Å². The molecular formula is C22H26N2O4. The predicted molar refractivity (Wildman–Crippen MR) is 107 cm³/mol. The fraction of sp³-hybridized carbons (Fsp3) is 0.364. The summed E-state index contributed by atoms with van der Waals surface area (Å²) < 4.78 is 11.1. The number of rotatable bonds is 4. The van der Waals surface area contributed by atoms with Crippen LogP contribution in [0.25, 0.3) is 6.08 Å². The summed E-state index contributed by atoms with van der Waals surface area (Å²) in [6.07, 6.45) is 2.96. The molecule has 0 aliphatic carbocycles. The Morgan fingerprint density at radius 3 is 2.43 bits per heavy atom. The van der Waals surface area contributed by atoms with E-state index in [4.69, 9.17) is 9.15 Å². The summed E-state index contributed by atoms with van der Waals surface area (Å²) in [5.74, 6) is -0.0858. The zero-order chi connectivity index (χ0) is 20.3. The molecule has 1 aromatic carbocycles. The van der Waals surface area contributed by atoms with Gasteiger partial charge in [-0.25, -0.2) is 0 Å². The largest absolute Gasteiger partial charge is 0.465 e. The highest BCUT2D eigenvalue weighted by molar-refractivity contribution is 6.05. The summed E-state index contributed by atoms with van der Waals surface area (Å²) in [4.78, 5) is 27.6. The Morgan fingerprint density at radius 2 is 1.82 bits per heavy atom. The molecule has 2 amide bonds. The molecule has 1 aliphatic heterocycles. The van der Waals surface area contributed by atoms with Gasteiger partial charge in [-0.2, -0.15) is 0 Å². The molecule has 0 spiro atoms. The van der Waals surface area contributed by atoms with Crippen molar-refractivity contribution in [2.24, 2.45) is 0 Å². The van der Waals surface area contributed by atoms with Crippen LogP contribution in [0.2, 0.25) is 0 Å². The van der Waals surface area contributed by atoms with E-state index in [1.165, 1.54) is 6.26 Å². The van der Waals surface area contributed by atoms with Crippen LogP contribution >= 0.6 is 0 Å². The number of hydrogen-bond acceptors (Lipinski definition) is 4. The van der Waals surface area contributed by atoms with Gasteiger partial charge in [-0.15, -0.1) is 0 Å². The average molecular weight is 382 g/mol. The smallest absolute Gasteiger partial charge is 0.270 e. The Bertz CT molecular complexity index is 876. The van der Waals surface area contributed by atoms with Gasteiger partial charge in [0.2, 0.25) is 0 Å². The van der Waals surface area contributed by atoms with Crippen LogP contribution < -0.4 is 5.32 Å². The number of benzene rings is 1. The molecule has 28 heavy (non-hydrogen) atoms. The van der Waals surface area contributed by atoms with Crippen LogP contribution in [0.15, 0.2) is 46.7 Å². The Hall–Kier alpha value is -2.86. The number of hydrogen-bond donors (Lipinski definition) is 1. The van der Waals surface area contributed by atoms with Crippen molar-refractivity contribution in [3.63, 3.8) is 0 Å². The minimum atomic E-state index is -0.330. The lowest BCUT2D eigenvalue weighted by atomic mass is 10.1. The molecule has 1 saturated heterocycles.